The number of amides is 2. The Morgan fingerprint density at radius 2 is 1.76 bits per heavy atom. The molecule has 0 heterocycles. The van der Waals surface area contributed by atoms with E-state index in [0.717, 1.165) is 54.1 Å². The zero-order chi connectivity index (χ0) is 20.6. The number of hydrogen-bond acceptors (Lipinski definition) is 4. The average Bonchev–Trinajstić information content (AvgIpc) is 3.56. The smallest absolute Gasteiger partial charge is 0.243 e. The fourth-order valence-corrected chi connectivity index (χ4v) is 2.89. The van der Waals surface area contributed by atoms with Crippen LogP contribution in [0.15, 0.2) is 42.5 Å². The van der Waals surface area contributed by atoms with Crippen LogP contribution in [0, 0.1) is 12.8 Å². The maximum absolute atomic E-state index is 12.3. The van der Waals surface area contributed by atoms with Crippen molar-refractivity contribution in [3.05, 3.63) is 48.0 Å². The maximum Gasteiger partial charge on any atom is 0.243 e. The van der Waals surface area contributed by atoms with Crippen molar-refractivity contribution in [2.75, 3.05) is 29.1 Å². The van der Waals surface area contributed by atoms with Crippen molar-refractivity contribution in [2.24, 2.45) is 5.92 Å². The number of carbonyl (C=O) groups is 2. The van der Waals surface area contributed by atoms with Crippen molar-refractivity contribution in [1.29, 1.82) is 0 Å². The summed E-state index contributed by atoms with van der Waals surface area (Å²) in [7, 11) is 0. The topological polar surface area (TPSA) is 79.5 Å². The standard InChI is InChI=1S/C23H29N3O3/c1-3-4-14-29-19-12-10-18(11-13-19)25-22(27)15-24-20-6-5-7-21(16(20)2)26-23(28)17-8-9-17/h5-7,10-13,17,24H,3-4,8-9,14-15H2,1-2H3,(H,25,27)(H,26,28). The number of anilines is 3. The minimum Gasteiger partial charge on any atom is -0.494 e. The molecule has 2 amide bonds. The molecule has 0 saturated heterocycles. The number of carbonyl (C=O) groups excluding carboxylic acids is 2. The Balaban J connectivity index is 1.49. The van der Waals surface area contributed by atoms with Gasteiger partial charge >= 0.3 is 0 Å². The van der Waals surface area contributed by atoms with Gasteiger partial charge in [0.1, 0.15) is 5.75 Å². The van der Waals surface area contributed by atoms with Gasteiger partial charge in [-0.3, -0.25) is 9.59 Å². The number of ether oxygens (including phenoxy) is 1. The molecule has 29 heavy (non-hydrogen) atoms. The summed E-state index contributed by atoms with van der Waals surface area (Å²) >= 11 is 0. The minimum atomic E-state index is -0.142. The Bertz CT molecular complexity index is 845. The lowest BCUT2D eigenvalue weighted by Crippen LogP contribution is -2.22. The lowest BCUT2D eigenvalue weighted by Gasteiger charge is -2.14. The molecule has 0 atom stereocenters. The lowest BCUT2D eigenvalue weighted by atomic mass is 10.1. The molecule has 154 valence electrons. The lowest BCUT2D eigenvalue weighted by molar-refractivity contribution is -0.117. The Kier molecular flexibility index (Phi) is 7.11. The highest BCUT2D eigenvalue weighted by Gasteiger charge is 2.29. The summed E-state index contributed by atoms with van der Waals surface area (Å²) in [5, 5.41) is 8.99. The van der Waals surface area contributed by atoms with E-state index in [-0.39, 0.29) is 24.3 Å². The van der Waals surface area contributed by atoms with Crippen molar-refractivity contribution in [1.82, 2.24) is 0 Å². The van der Waals surface area contributed by atoms with Gasteiger partial charge in [0.25, 0.3) is 0 Å². The fraction of sp³-hybridized carbons (Fsp3) is 0.391. The molecule has 1 aliphatic rings. The van der Waals surface area contributed by atoms with E-state index in [1.165, 1.54) is 0 Å². The van der Waals surface area contributed by atoms with Crippen LogP contribution >= 0.6 is 0 Å². The van der Waals surface area contributed by atoms with Crippen LogP contribution in [0.3, 0.4) is 0 Å². The average molecular weight is 396 g/mol. The summed E-state index contributed by atoms with van der Waals surface area (Å²) in [5.74, 6) is 0.886. The first-order valence-electron chi connectivity index (χ1n) is 10.2. The molecule has 2 aromatic carbocycles. The van der Waals surface area contributed by atoms with Crippen LogP contribution in [0.5, 0.6) is 5.75 Å². The van der Waals surface area contributed by atoms with E-state index in [4.69, 9.17) is 4.74 Å². The van der Waals surface area contributed by atoms with Crippen LogP contribution in [0.25, 0.3) is 0 Å². The number of benzene rings is 2. The second-order valence-electron chi connectivity index (χ2n) is 7.37. The van der Waals surface area contributed by atoms with Gasteiger partial charge in [0.05, 0.1) is 13.2 Å². The van der Waals surface area contributed by atoms with Gasteiger partial charge in [-0.25, -0.2) is 0 Å². The van der Waals surface area contributed by atoms with E-state index in [1.807, 2.05) is 49.4 Å². The quantitative estimate of drug-likeness (QED) is 0.515. The molecule has 3 N–H and O–H groups in total. The highest BCUT2D eigenvalue weighted by atomic mass is 16.5. The van der Waals surface area contributed by atoms with E-state index >= 15 is 0 Å². The molecule has 0 bridgehead atoms. The zero-order valence-electron chi connectivity index (χ0n) is 17.1. The highest BCUT2D eigenvalue weighted by molar-refractivity contribution is 5.96. The monoisotopic (exact) mass is 395 g/mol. The van der Waals surface area contributed by atoms with E-state index in [0.29, 0.717) is 6.61 Å². The van der Waals surface area contributed by atoms with Crippen LogP contribution in [0.1, 0.15) is 38.2 Å². The Hall–Kier alpha value is -3.02. The second-order valence-corrected chi connectivity index (χ2v) is 7.37. The third-order valence-corrected chi connectivity index (χ3v) is 4.88. The first kappa shape index (κ1) is 20.7. The molecule has 3 rings (SSSR count). The maximum atomic E-state index is 12.3. The van der Waals surface area contributed by atoms with E-state index < -0.39 is 0 Å². The van der Waals surface area contributed by atoms with E-state index in [9.17, 15) is 9.59 Å². The molecule has 0 aromatic heterocycles. The molecule has 2 aromatic rings. The molecule has 6 nitrogen and oxygen atoms in total. The van der Waals surface area contributed by atoms with Crippen LogP contribution in [0.4, 0.5) is 17.1 Å². The molecule has 1 aliphatic carbocycles. The first-order valence-corrected chi connectivity index (χ1v) is 10.2. The van der Waals surface area contributed by atoms with E-state index in [2.05, 4.69) is 22.9 Å². The SMILES string of the molecule is CCCCOc1ccc(NC(=O)CNc2cccc(NC(=O)C3CC3)c2C)cc1. The summed E-state index contributed by atoms with van der Waals surface area (Å²) < 4.78 is 5.63. The molecular weight excluding hydrogens is 366 g/mol. The van der Waals surface area contributed by atoms with Crippen LogP contribution in [-0.4, -0.2) is 25.0 Å². The number of unbranched alkanes of at least 4 members (excludes halogenated alkanes) is 1. The number of hydrogen-bond donors (Lipinski definition) is 3. The zero-order valence-corrected chi connectivity index (χ0v) is 17.1. The molecule has 1 saturated carbocycles. The normalized spacial score (nSPS) is 12.9. The predicted octanol–water partition coefficient (Wildman–Crippen LogP) is 4.57. The van der Waals surface area contributed by atoms with Crippen molar-refractivity contribution in [2.45, 2.75) is 39.5 Å². The predicted molar refractivity (Wildman–Crippen MR) is 116 cm³/mol. The molecule has 0 unspecified atom stereocenters. The van der Waals surface area contributed by atoms with Crippen molar-refractivity contribution < 1.29 is 14.3 Å². The van der Waals surface area contributed by atoms with Crippen LogP contribution < -0.4 is 20.7 Å². The molecule has 0 aliphatic heterocycles. The Morgan fingerprint density at radius 1 is 1.03 bits per heavy atom. The van der Waals surface area contributed by atoms with Gasteiger partial charge in [0.2, 0.25) is 11.8 Å². The number of rotatable bonds is 10. The highest BCUT2D eigenvalue weighted by Crippen LogP contribution is 2.31. The van der Waals surface area contributed by atoms with Gasteiger partial charge in [0.15, 0.2) is 0 Å². The van der Waals surface area contributed by atoms with Crippen molar-refractivity contribution in [3.63, 3.8) is 0 Å². The van der Waals surface area contributed by atoms with Gasteiger partial charge in [-0.05, 0) is 68.1 Å². The third-order valence-electron chi connectivity index (χ3n) is 4.88. The summed E-state index contributed by atoms with van der Waals surface area (Å²) in [6.07, 6.45) is 4.05. The van der Waals surface area contributed by atoms with Gasteiger partial charge in [-0.15, -0.1) is 0 Å². The van der Waals surface area contributed by atoms with E-state index in [1.54, 1.807) is 0 Å². The van der Waals surface area contributed by atoms with Crippen LogP contribution in [0.2, 0.25) is 0 Å². The second kappa shape index (κ2) is 9.96. The summed E-state index contributed by atoms with van der Waals surface area (Å²) in [4.78, 5) is 24.3. The largest absolute Gasteiger partial charge is 0.494 e. The van der Waals surface area contributed by atoms with Gasteiger partial charge < -0.3 is 20.7 Å². The van der Waals surface area contributed by atoms with Gasteiger partial charge in [0, 0.05) is 23.0 Å². The Labute approximate surface area is 172 Å². The summed E-state index contributed by atoms with van der Waals surface area (Å²) in [6, 6.07) is 13.0. The van der Waals surface area contributed by atoms with Crippen molar-refractivity contribution >= 4 is 28.9 Å². The molecule has 1 fully saturated rings. The fourth-order valence-electron chi connectivity index (χ4n) is 2.89. The summed E-state index contributed by atoms with van der Waals surface area (Å²) in [5.41, 5.74) is 3.25. The molecule has 6 heteroatoms. The first-order chi connectivity index (χ1) is 14.1. The Morgan fingerprint density at radius 3 is 2.45 bits per heavy atom. The van der Waals surface area contributed by atoms with Crippen molar-refractivity contribution in [3.8, 4) is 5.75 Å². The molecular formula is C23H29N3O3. The summed E-state index contributed by atoms with van der Waals surface area (Å²) in [6.45, 7) is 4.89. The van der Waals surface area contributed by atoms with Gasteiger partial charge in [-0.1, -0.05) is 19.4 Å². The molecule has 0 radical (unpaired) electrons. The molecule has 0 spiro atoms. The third kappa shape index (κ3) is 6.24. The van der Waals surface area contributed by atoms with Crippen LogP contribution in [-0.2, 0) is 9.59 Å². The minimum absolute atomic E-state index is 0.0742. The van der Waals surface area contributed by atoms with Gasteiger partial charge in [-0.2, -0.15) is 0 Å². The number of nitrogens with one attached hydrogen (secondary N) is 3.